The van der Waals surface area contributed by atoms with Gasteiger partial charge in [-0.15, -0.1) is 11.3 Å². The quantitative estimate of drug-likeness (QED) is 0.733. The Labute approximate surface area is 140 Å². The van der Waals surface area contributed by atoms with Crippen molar-refractivity contribution in [1.29, 1.82) is 0 Å². The van der Waals surface area contributed by atoms with Crippen molar-refractivity contribution in [2.75, 3.05) is 19.6 Å². The molecule has 5 heteroatoms. The van der Waals surface area contributed by atoms with E-state index in [2.05, 4.69) is 29.3 Å². The molecule has 4 nitrogen and oxygen atoms in total. The van der Waals surface area contributed by atoms with E-state index in [-0.39, 0.29) is 11.8 Å². The number of nitrogens with zero attached hydrogens (tertiary/aromatic N) is 2. The number of carbonyl (C=O) groups is 2. The zero-order chi connectivity index (χ0) is 16.2. The molecule has 0 saturated carbocycles. The molecule has 1 aliphatic rings. The number of hydrogen-bond donors (Lipinski definition) is 0. The van der Waals surface area contributed by atoms with Crippen molar-refractivity contribution >= 4 is 23.2 Å². The minimum atomic E-state index is -0.160. The van der Waals surface area contributed by atoms with Crippen LogP contribution in [0.25, 0.3) is 0 Å². The van der Waals surface area contributed by atoms with Crippen LogP contribution in [0.1, 0.15) is 38.9 Å². The molecule has 0 atom stereocenters. The first kappa shape index (κ1) is 15.9. The molecule has 1 aromatic carbocycles. The third kappa shape index (κ3) is 3.35. The van der Waals surface area contributed by atoms with Crippen LogP contribution in [0, 0.1) is 0 Å². The zero-order valence-electron chi connectivity index (χ0n) is 13.2. The van der Waals surface area contributed by atoms with E-state index < -0.39 is 0 Å². The first-order valence-corrected chi connectivity index (χ1v) is 8.78. The molecule has 0 fully saturated rings. The first-order valence-electron chi connectivity index (χ1n) is 7.90. The number of fused-ring (bicyclic) bond motifs is 1. The zero-order valence-corrected chi connectivity index (χ0v) is 14.0. The van der Waals surface area contributed by atoms with Gasteiger partial charge in [0.1, 0.15) is 0 Å². The lowest BCUT2D eigenvalue weighted by Gasteiger charge is -2.21. The van der Waals surface area contributed by atoms with Gasteiger partial charge in [0, 0.05) is 24.5 Å². The summed E-state index contributed by atoms with van der Waals surface area (Å²) in [6.07, 6.45) is 0.796. The van der Waals surface area contributed by atoms with Crippen LogP contribution < -0.4 is 0 Å². The SMILES string of the molecule is CCN(CCCN1C(=O)c2ccccc2C1=O)Cc1cccs1. The fourth-order valence-corrected chi connectivity index (χ4v) is 3.61. The normalized spacial score (nSPS) is 13.9. The molecule has 1 aliphatic heterocycles. The van der Waals surface area contributed by atoms with E-state index in [0.717, 1.165) is 26.1 Å². The van der Waals surface area contributed by atoms with Crippen LogP contribution in [0.15, 0.2) is 41.8 Å². The Morgan fingerprint density at radius 3 is 2.30 bits per heavy atom. The second-order valence-corrected chi connectivity index (χ2v) is 6.64. The topological polar surface area (TPSA) is 40.6 Å². The maximum atomic E-state index is 12.3. The lowest BCUT2D eigenvalue weighted by Crippen LogP contribution is -2.33. The van der Waals surface area contributed by atoms with Crippen LogP contribution in [-0.4, -0.2) is 41.2 Å². The fraction of sp³-hybridized carbons (Fsp3) is 0.333. The predicted molar refractivity (Wildman–Crippen MR) is 91.7 cm³/mol. The van der Waals surface area contributed by atoms with Crippen LogP contribution >= 0.6 is 11.3 Å². The lowest BCUT2D eigenvalue weighted by atomic mass is 10.1. The summed E-state index contributed by atoms with van der Waals surface area (Å²) in [6, 6.07) is 11.3. The van der Waals surface area contributed by atoms with Crippen LogP contribution in [0.4, 0.5) is 0 Å². The van der Waals surface area contributed by atoms with Gasteiger partial charge in [-0.3, -0.25) is 19.4 Å². The average Bonchev–Trinajstić information content (AvgIpc) is 3.16. The minimum absolute atomic E-state index is 0.160. The molecule has 1 aromatic heterocycles. The van der Waals surface area contributed by atoms with Gasteiger partial charge in [0.05, 0.1) is 11.1 Å². The van der Waals surface area contributed by atoms with Gasteiger partial charge in [0.25, 0.3) is 11.8 Å². The van der Waals surface area contributed by atoms with Crippen LogP contribution in [0.2, 0.25) is 0 Å². The van der Waals surface area contributed by atoms with Gasteiger partial charge in [0.2, 0.25) is 0 Å². The fourth-order valence-electron chi connectivity index (χ4n) is 2.87. The maximum absolute atomic E-state index is 12.3. The van der Waals surface area contributed by atoms with Gasteiger partial charge >= 0.3 is 0 Å². The molecule has 0 radical (unpaired) electrons. The van der Waals surface area contributed by atoms with Crippen molar-refractivity contribution in [3.8, 4) is 0 Å². The highest BCUT2D eigenvalue weighted by Crippen LogP contribution is 2.22. The highest BCUT2D eigenvalue weighted by atomic mass is 32.1. The molecule has 0 aliphatic carbocycles. The summed E-state index contributed by atoms with van der Waals surface area (Å²) in [6.45, 7) is 5.38. The van der Waals surface area contributed by atoms with Gasteiger partial charge in [-0.1, -0.05) is 25.1 Å². The highest BCUT2D eigenvalue weighted by Gasteiger charge is 2.34. The third-order valence-corrected chi connectivity index (χ3v) is 5.00. The van der Waals surface area contributed by atoms with Crippen molar-refractivity contribution in [2.45, 2.75) is 19.9 Å². The summed E-state index contributed by atoms with van der Waals surface area (Å²) >= 11 is 1.76. The van der Waals surface area contributed by atoms with E-state index in [4.69, 9.17) is 0 Å². The van der Waals surface area contributed by atoms with Gasteiger partial charge < -0.3 is 0 Å². The molecular formula is C18H20N2O2S. The standard InChI is InChI=1S/C18H20N2O2S/c1-2-19(13-14-7-5-12-23-14)10-6-11-20-17(21)15-8-3-4-9-16(15)18(20)22/h3-5,7-9,12H,2,6,10-11,13H2,1H3. The Hall–Kier alpha value is -1.98. The molecule has 0 spiro atoms. The number of imide groups is 1. The Bertz CT molecular complexity index is 662. The van der Waals surface area contributed by atoms with Gasteiger partial charge in [-0.05, 0) is 36.5 Å². The molecule has 0 N–H and O–H groups in total. The van der Waals surface area contributed by atoms with Crippen LogP contribution in [0.3, 0.4) is 0 Å². The van der Waals surface area contributed by atoms with Crippen LogP contribution in [-0.2, 0) is 6.54 Å². The average molecular weight is 328 g/mol. The Kier molecular flexibility index (Phi) is 4.88. The monoisotopic (exact) mass is 328 g/mol. The van der Waals surface area contributed by atoms with E-state index >= 15 is 0 Å². The van der Waals surface area contributed by atoms with Gasteiger partial charge in [-0.25, -0.2) is 0 Å². The number of thiophene rings is 1. The summed E-state index contributed by atoms with van der Waals surface area (Å²) in [5, 5.41) is 2.09. The third-order valence-electron chi connectivity index (χ3n) is 4.14. The molecule has 2 amide bonds. The van der Waals surface area contributed by atoms with Crippen molar-refractivity contribution in [2.24, 2.45) is 0 Å². The van der Waals surface area contributed by atoms with Crippen molar-refractivity contribution in [3.05, 3.63) is 57.8 Å². The second kappa shape index (κ2) is 7.06. The van der Waals surface area contributed by atoms with E-state index in [0.29, 0.717) is 17.7 Å². The molecule has 23 heavy (non-hydrogen) atoms. The summed E-state index contributed by atoms with van der Waals surface area (Å²) in [5.41, 5.74) is 1.06. The van der Waals surface area contributed by atoms with E-state index in [1.807, 2.05) is 0 Å². The van der Waals surface area contributed by atoms with Gasteiger partial charge in [-0.2, -0.15) is 0 Å². The highest BCUT2D eigenvalue weighted by molar-refractivity contribution is 7.09. The number of rotatable bonds is 7. The maximum Gasteiger partial charge on any atom is 0.261 e. The predicted octanol–water partition coefficient (Wildman–Crippen LogP) is 3.26. The second-order valence-electron chi connectivity index (χ2n) is 5.61. The molecule has 3 rings (SSSR count). The lowest BCUT2D eigenvalue weighted by molar-refractivity contribution is 0.0647. The first-order chi connectivity index (χ1) is 11.2. The van der Waals surface area contributed by atoms with Crippen LogP contribution in [0.5, 0.6) is 0 Å². The molecule has 0 saturated heterocycles. The van der Waals surface area contributed by atoms with Crippen molar-refractivity contribution in [1.82, 2.24) is 9.80 Å². The smallest absolute Gasteiger partial charge is 0.261 e. The number of benzene rings is 1. The summed E-state index contributed by atoms with van der Waals surface area (Å²) in [7, 11) is 0. The number of amides is 2. The number of hydrogen-bond acceptors (Lipinski definition) is 4. The van der Waals surface area contributed by atoms with Crippen molar-refractivity contribution in [3.63, 3.8) is 0 Å². The molecule has 120 valence electrons. The molecule has 0 bridgehead atoms. The largest absolute Gasteiger partial charge is 0.298 e. The van der Waals surface area contributed by atoms with Gasteiger partial charge in [0.15, 0.2) is 0 Å². The Morgan fingerprint density at radius 1 is 1.04 bits per heavy atom. The number of carbonyl (C=O) groups excluding carboxylic acids is 2. The summed E-state index contributed by atoms with van der Waals surface area (Å²) in [5.74, 6) is -0.321. The van der Waals surface area contributed by atoms with E-state index in [9.17, 15) is 9.59 Å². The van der Waals surface area contributed by atoms with E-state index in [1.54, 1.807) is 35.6 Å². The summed E-state index contributed by atoms with van der Waals surface area (Å²) < 4.78 is 0. The molecule has 2 heterocycles. The van der Waals surface area contributed by atoms with E-state index in [1.165, 1.54) is 9.78 Å². The molecular weight excluding hydrogens is 308 g/mol. The Morgan fingerprint density at radius 2 is 1.74 bits per heavy atom. The van der Waals surface area contributed by atoms with Crippen molar-refractivity contribution < 1.29 is 9.59 Å². The summed E-state index contributed by atoms with van der Waals surface area (Å²) in [4.78, 5) is 29.7. The minimum Gasteiger partial charge on any atom is -0.298 e. The molecule has 0 unspecified atom stereocenters. The molecule has 2 aromatic rings. The Balaban J connectivity index is 1.55.